The van der Waals surface area contributed by atoms with E-state index in [1.165, 1.54) is 30.5 Å². The van der Waals surface area contributed by atoms with Gasteiger partial charge < -0.3 is 31.0 Å². The Bertz CT molecular complexity index is 851. The molecular weight excluding hydrogens is 367 g/mol. The Labute approximate surface area is 151 Å². The number of nitrogens with two attached hydrogens (primary N) is 1. The van der Waals surface area contributed by atoms with Crippen LogP contribution in [-0.2, 0) is 4.74 Å². The monoisotopic (exact) mass is 381 g/mol. The molecule has 27 heavy (non-hydrogen) atoms. The molecule has 0 aliphatic carbocycles. The van der Waals surface area contributed by atoms with Gasteiger partial charge in [-0.3, -0.25) is 4.98 Å². The Morgan fingerprint density at radius 2 is 2.00 bits per heavy atom. The van der Waals surface area contributed by atoms with Gasteiger partial charge in [-0.1, -0.05) is 5.16 Å². The van der Waals surface area contributed by atoms with Crippen molar-refractivity contribution >= 4 is 17.3 Å². The van der Waals surface area contributed by atoms with E-state index in [0.29, 0.717) is 22.7 Å². The lowest BCUT2D eigenvalue weighted by atomic mass is 10.2. The number of halogens is 3. The van der Waals surface area contributed by atoms with Crippen molar-refractivity contribution in [3.63, 3.8) is 0 Å². The summed E-state index contributed by atoms with van der Waals surface area (Å²) in [5.74, 6) is 0.00956. The highest BCUT2D eigenvalue weighted by Crippen LogP contribution is 2.27. The van der Waals surface area contributed by atoms with Crippen LogP contribution in [0.2, 0.25) is 0 Å². The lowest BCUT2D eigenvalue weighted by Crippen LogP contribution is -2.30. The molecule has 2 aromatic rings. The maximum Gasteiger partial charge on any atom is 0.573 e. The van der Waals surface area contributed by atoms with E-state index in [1.807, 2.05) is 0 Å². The second kappa shape index (κ2) is 7.32. The summed E-state index contributed by atoms with van der Waals surface area (Å²) < 4.78 is 46.0. The largest absolute Gasteiger partial charge is 0.573 e. The van der Waals surface area contributed by atoms with E-state index in [-0.39, 0.29) is 11.6 Å². The Hall–Kier alpha value is -3.63. The maximum absolute atomic E-state index is 12.2. The van der Waals surface area contributed by atoms with Crippen LogP contribution >= 0.6 is 0 Å². The van der Waals surface area contributed by atoms with Crippen molar-refractivity contribution < 1.29 is 27.9 Å². The molecule has 1 aromatic heterocycles. The molecule has 11 heteroatoms. The van der Waals surface area contributed by atoms with Crippen molar-refractivity contribution in [2.75, 3.05) is 5.32 Å². The van der Waals surface area contributed by atoms with Gasteiger partial charge in [0.1, 0.15) is 17.2 Å². The zero-order chi connectivity index (χ0) is 19.4. The molecule has 8 nitrogen and oxygen atoms in total. The third-order valence-electron chi connectivity index (χ3n) is 3.41. The number of anilines is 1. The van der Waals surface area contributed by atoms with Gasteiger partial charge in [-0.15, -0.1) is 13.2 Å². The fourth-order valence-electron chi connectivity index (χ4n) is 2.22. The van der Waals surface area contributed by atoms with Crippen molar-refractivity contribution in [3.8, 4) is 5.75 Å². The summed E-state index contributed by atoms with van der Waals surface area (Å²) in [7, 11) is 0. The Kier molecular flexibility index (Phi) is 4.92. The average molecular weight is 381 g/mol. The lowest BCUT2D eigenvalue weighted by molar-refractivity contribution is -0.274. The van der Waals surface area contributed by atoms with Gasteiger partial charge in [0, 0.05) is 11.8 Å². The zero-order valence-corrected chi connectivity index (χ0v) is 13.6. The Morgan fingerprint density at radius 1 is 1.26 bits per heavy atom. The third-order valence-corrected chi connectivity index (χ3v) is 3.41. The van der Waals surface area contributed by atoms with Gasteiger partial charge in [-0.2, -0.15) is 0 Å². The molecule has 1 atom stereocenters. The van der Waals surface area contributed by atoms with Crippen molar-refractivity contribution in [2.24, 2.45) is 10.9 Å². The highest BCUT2D eigenvalue weighted by atomic mass is 19.4. The van der Waals surface area contributed by atoms with Crippen LogP contribution in [0.15, 0.2) is 54.0 Å². The predicted octanol–water partition coefficient (Wildman–Crippen LogP) is 2.39. The molecule has 0 saturated heterocycles. The number of oxime groups is 1. The molecule has 1 aliphatic rings. The number of ether oxygens (including phenoxy) is 2. The van der Waals surface area contributed by atoms with Crippen LogP contribution in [0.5, 0.6) is 5.75 Å². The summed E-state index contributed by atoms with van der Waals surface area (Å²) in [5, 5.41) is 17.4. The SMILES string of the molecule is N/C(=N\O)c1ccc(NC2NC=C(c3ccc(OC(F)(F)F)cc3)O2)cn1. The zero-order valence-electron chi connectivity index (χ0n) is 13.6. The minimum Gasteiger partial charge on any atom is -0.450 e. The molecule has 0 spiro atoms. The van der Waals surface area contributed by atoms with Gasteiger partial charge in [0.05, 0.1) is 11.9 Å². The molecule has 2 heterocycles. The number of aromatic nitrogens is 1. The molecule has 0 bridgehead atoms. The molecule has 1 unspecified atom stereocenters. The van der Waals surface area contributed by atoms with E-state index in [9.17, 15) is 13.2 Å². The minimum atomic E-state index is -4.74. The van der Waals surface area contributed by atoms with Crippen molar-refractivity contribution in [3.05, 3.63) is 60.1 Å². The summed E-state index contributed by atoms with van der Waals surface area (Å²) in [5.41, 5.74) is 6.92. The van der Waals surface area contributed by atoms with Gasteiger partial charge in [-0.05, 0) is 36.4 Å². The Morgan fingerprint density at radius 3 is 2.59 bits per heavy atom. The molecule has 0 saturated carbocycles. The van der Waals surface area contributed by atoms with Crippen molar-refractivity contribution in [1.82, 2.24) is 10.3 Å². The second-order valence-corrected chi connectivity index (χ2v) is 5.31. The maximum atomic E-state index is 12.2. The first-order valence-corrected chi connectivity index (χ1v) is 7.53. The summed E-state index contributed by atoms with van der Waals surface area (Å²) in [6.45, 7) is 0. The lowest BCUT2D eigenvalue weighted by Gasteiger charge is -2.16. The molecular formula is C16H14F3N5O3. The van der Waals surface area contributed by atoms with Gasteiger partial charge in [0.25, 0.3) is 0 Å². The second-order valence-electron chi connectivity index (χ2n) is 5.31. The molecule has 5 N–H and O–H groups in total. The average Bonchev–Trinajstić information content (AvgIpc) is 3.09. The highest BCUT2D eigenvalue weighted by Gasteiger charge is 2.31. The topological polar surface area (TPSA) is 114 Å². The number of amidine groups is 1. The fraction of sp³-hybridized carbons (Fsp3) is 0.125. The van der Waals surface area contributed by atoms with E-state index in [2.05, 4.69) is 25.5 Å². The van der Waals surface area contributed by atoms with E-state index in [0.717, 1.165) is 0 Å². The first-order chi connectivity index (χ1) is 12.8. The van der Waals surface area contributed by atoms with Crippen LogP contribution in [0, 0.1) is 0 Å². The van der Waals surface area contributed by atoms with Crippen LogP contribution in [0.3, 0.4) is 0 Å². The number of hydrogen-bond donors (Lipinski definition) is 4. The number of nitrogens with zero attached hydrogens (tertiary/aromatic N) is 2. The first-order valence-electron chi connectivity index (χ1n) is 7.53. The molecule has 1 aromatic carbocycles. The molecule has 3 rings (SSSR count). The third kappa shape index (κ3) is 4.71. The van der Waals surface area contributed by atoms with Crippen molar-refractivity contribution in [1.29, 1.82) is 0 Å². The van der Waals surface area contributed by atoms with Crippen LogP contribution in [0.25, 0.3) is 5.76 Å². The Balaban J connectivity index is 1.58. The number of rotatable bonds is 5. The predicted molar refractivity (Wildman–Crippen MR) is 89.5 cm³/mol. The van der Waals surface area contributed by atoms with Gasteiger partial charge >= 0.3 is 6.36 Å². The van der Waals surface area contributed by atoms with E-state index < -0.39 is 12.7 Å². The summed E-state index contributed by atoms with van der Waals surface area (Å²) >= 11 is 0. The normalized spacial score (nSPS) is 16.9. The molecule has 142 valence electrons. The highest BCUT2D eigenvalue weighted by molar-refractivity contribution is 5.95. The summed E-state index contributed by atoms with van der Waals surface area (Å²) in [6, 6.07) is 8.51. The molecule has 0 amide bonds. The van der Waals surface area contributed by atoms with E-state index >= 15 is 0 Å². The number of pyridine rings is 1. The van der Waals surface area contributed by atoms with Crippen LogP contribution in [0.1, 0.15) is 11.3 Å². The number of nitrogens with one attached hydrogen (secondary N) is 2. The minimum absolute atomic E-state index is 0.112. The fourth-order valence-corrected chi connectivity index (χ4v) is 2.22. The van der Waals surface area contributed by atoms with Gasteiger partial charge in [0.15, 0.2) is 5.84 Å². The van der Waals surface area contributed by atoms with Crippen LogP contribution in [0.4, 0.5) is 18.9 Å². The molecule has 0 radical (unpaired) electrons. The van der Waals surface area contributed by atoms with Gasteiger partial charge in [-0.25, -0.2) is 0 Å². The molecule has 1 aliphatic heterocycles. The summed E-state index contributed by atoms with van der Waals surface area (Å²) in [4.78, 5) is 4.02. The van der Waals surface area contributed by atoms with Crippen LogP contribution in [-0.4, -0.2) is 28.7 Å². The summed E-state index contributed by atoms with van der Waals surface area (Å²) in [6.07, 6.45) is -2.30. The standard InChI is InChI=1S/C16H14F3N5O3/c17-16(18,19)27-11-4-1-9(2-5-11)13-8-22-15(26-13)23-10-3-6-12(21-7-10)14(20)24-25/h1-8,15,22-23,25H,(H2,20,24). The number of benzene rings is 1. The quantitative estimate of drug-likeness (QED) is 0.272. The van der Waals surface area contributed by atoms with Crippen LogP contribution < -0.4 is 21.1 Å². The van der Waals surface area contributed by atoms with Crippen molar-refractivity contribution in [2.45, 2.75) is 12.7 Å². The number of hydrogen-bond acceptors (Lipinski definition) is 7. The van der Waals surface area contributed by atoms with E-state index in [1.54, 1.807) is 18.3 Å². The first kappa shape index (κ1) is 18.2. The smallest absolute Gasteiger partial charge is 0.450 e. The van der Waals surface area contributed by atoms with E-state index in [4.69, 9.17) is 15.7 Å². The van der Waals surface area contributed by atoms with Gasteiger partial charge in [0.2, 0.25) is 6.35 Å². The number of alkyl halides is 3. The molecule has 0 fully saturated rings.